The number of hydrogen-bond donors (Lipinski definition) is 2. The maximum absolute atomic E-state index is 11.9. The molecule has 0 saturated carbocycles. The fourth-order valence-corrected chi connectivity index (χ4v) is 2.93. The lowest BCUT2D eigenvalue weighted by molar-refractivity contribution is -0.120. The summed E-state index contributed by atoms with van der Waals surface area (Å²) in [6, 6.07) is 9.26. The molecule has 1 aliphatic heterocycles. The molecule has 1 aromatic carbocycles. The zero-order chi connectivity index (χ0) is 17.5. The highest BCUT2D eigenvalue weighted by Gasteiger charge is 2.13. The van der Waals surface area contributed by atoms with Crippen molar-refractivity contribution in [2.45, 2.75) is 19.3 Å². The SMILES string of the molecule is O=C(Cc1ccc(Cl)cc1)NCCNc1cc(N2CCCC2)ncn1. The van der Waals surface area contributed by atoms with Crippen LogP contribution in [0.2, 0.25) is 5.02 Å². The third kappa shape index (κ3) is 5.32. The number of anilines is 2. The number of benzene rings is 1. The summed E-state index contributed by atoms with van der Waals surface area (Å²) in [4.78, 5) is 22.8. The van der Waals surface area contributed by atoms with E-state index in [4.69, 9.17) is 11.6 Å². The lowest BCUT2D eigenvalue weighted by Gasteiger charge is -2.16. The summed E-state index contributed by atoms with van der Waals surface area (Å²) in [5.41, 5.74) is 0.945. The van der Waals surface area contributed by atoms with Crippen LogP contribution in [0.3, 0.4) is 0 Å². The Balaban J connectivity index is 1.40. The predicted octanol–water partition coefficient (Wildman–Crippen LogP) is 2.50. The first-order chi connectivity index (χ1) is 12.2. The summed E-state index contributed by atoms with van der Waals surface area (Å²) in [5.74, 6) is 1.73. The van der Waals surface area contributed by atoms with Crippen molar-refractivity contribution in [1.29, 1.82) is 0 Å². The summed E-state index contributed by atoms with van der Waals surface area (Å²) in [5, 5.41) is 6.80. The maximum atomic E-state index is 11.9. The summed E-state index contributed by atoms with van der Waals surface area (Å²) < 4.78 is 0. The van der Waals surface area contributed by atoms with Crippen molar-refractivity contribution < 1.29 is 4.79 Å². The van der Waals surface area contributed by atoms with Crippen LogP contribution in [0.4, 0.5) is 11.6 Å². The van der Waals surface area contributed by atoms with Crippen LogP contribution in [0.5, 0.6) is 0 Å². The number of carbonyl (C=O) groups excluding carboxylic acids is 1. The monoisotopic (exact) mass is 359 g/mol. The standard InChI is InChI=1S/C18H22ClN5O/c19-15-5-3-14(4-6-15)11-18(25)21-8-7-20-16-12-17(23-13-22-16)24-9-1-2-10-24/h3-6,12-13H,1-2,7-11H2,(H,21,25)(H,20,22,23). The van der Waals surface area contributed by atoms with Crippen molar-refractivity contribution in [2.24, 2.45) is 0 Å². The van der Waals surface area contributed by atoms with Gasteiger partial charge in [-0.15, -0.1) is 0 Å². The first-order valence-corrected chi connectivity index (χ1v) is 8.90. The Morgan fingerprint density at radius 2 is 1.88 bits per heavy atom. The van der Waals surface area contributed by atoms with E-state index < -0.39 is 0 Å². The molecule has 0 aliphatic carbocycles. The Morgan fingerprint density at radius 3 is 2.64 bits per heavy atom. The summed E-state index contributed by atoms with van der Waals surface area (Å²) in [6.07, 6.45) is 4.36. The summed E-state index contributed by atoms with van der Waals surface area (Å²) in [6.45, 7) is 3.26. The van der Waals surface area contributed by atoms with Gasteiger partial charge in [0.15, 0.2) is 0 Å². The molecule has 2 aromatic rings. The van der Waals surface area contributed by atoms with E-state index in [0.29, 0.717) is 24.5 Å². The van der Waals surface area contributed by atoms with E-state index in [9.17, 15) is 4.79 Å². The first-order valence-electron chi connectivity index (χ1n) is 8.53. The lowest BCUT2D eigenvalue weighted by Crippen LogP contribution is -2.30. The Kier molecular flexibility index (Phi) is 6.06. The van der Waals surface area contributed by atoms with Gasteiger partial charge in [-0.25, -0.2) is 9.97 Å². The second kappa shape index (κ2) is 8.67. The first kappa shape index (κ1) is 17.5. The molecule has 1 saturated heterocycles. The molecule has 0 bridgehead atoms. The topological polar surface area (TPSA) is 70.2 Å². The van der Waals surface area contributed by atoms with Crippen LogP contribution in [0.25, 0.3) is 0 Å². The molecule has 7 heteroatoms. The van der Waals surface area contributed by atoms with E-state index in [-0.39, 0.29) is 5.91 Å². The van der Waals surface area contributed by atoms with Crippen LogP contribution < -0.4 is 15.5 Å². The Morgan fingerprint density at radius 1 is 1.12 bits per heavy atom. The number of nitrogens with one attached hydrogen (secondary N) is 2. The molecule has 0 radical (unpaired) electrons. The predicted molar refractivity (Wildman–Crippen MR) is 100 cm³/mol. The molecule has 3 rings (SSSR count). The van der Waals surface area contributed by atoms with Crippen molar-refractivity contribution in [3.8, 4) is 0 Å². The minimum Gasteiger partial charge on any atom is -0.368 e. The number of nitrogens with zero attached hydrogens (tertiary/aromatic N) is 3. The minimum absolute atomic E-state index is 0.00966. The average Bonchev–Trinajstić information content (AvgIpc) is 3.16. The molecular formula is C18H22ClN5O. The summed E-state index contributed by atoms with van der Waals surface area (Å²) >= 11 is 5.84. The van der Waals surface area contributed by atoms with Gasteiger partial charge in [0.25, 0.3) is 0 Å². The molecule has 132 valence electrons. The van der Waals surface area contributed by atoms with Crippen LogP contribution in [0.1, 0.15) is 18.4 Å². The van der Waals surface area contributed by atoms with Crippen LogP contribution in [-0.4, -0.2) is 42.1 Å². The van der Waals surface area contributed by atoms with Gasteiger partial charge in [-0.05, 0) is 30.5 Å². The van der Waals surface area contributed by atoms with E-state index in [0.717, 1.165) is 30.3 Å². The molecular weight excluding hydrogens is 338 g/mol. The highest BCUT2D eigenvalue weighted by Crippen LogP contribution is 2.19. The van der Waals surface area contributed by atoms with Crippen LogP contribution >= 0.6 is 11.6 Å². The number of carbonyl (C=O) groups is 1. The molecule has 2 heterocycles. The van der Waals surface area contributed by atoms with Gasteiger partial charge in [0, 0.05) is 37.3 Å². The number of hydrogen-bond acceptors (Lipinski definition) is 5. The molecule has 1 aromatic heterocycles. The maximum Gasteiger partial charge on any atom is 0.224 e. The molecule has 6 nitrogen and oxygen atoms in total. The normalized spacial score (nSPS) is 13.7. The van der Waals surface area contributed by atoms with E-state index in [2.05, 4.69) is 25.5 Å². The van der Waals surface area contributed by atoms with Gasteiger partial charge in [0.1, 0.15) is 18.0 Å². The van der Waals surface area contributed by atoms with Crippen molar-refractivity contribution in [3.05, 3.63) is 47.2 Å². The Hall–Kier alpha value is -2.34. The summed E-state index contributed by atoms with van der Waals surface area (Å²) in [7, 11) is 0. The molecule has 0 unspecified atom stereocenters. The van der Waals surface area contributed by atoms with Crippen molar-refractivity contribution >= 4 is 29.1 Å². The molecule has 0 spiro atoms. The Bertz CT molecular complexity index is 701. The second-order valence-corrected chi connectivity index (χ2v) is 6.47. The van der Waals surface area contributed by atoms with E-state index in [1.807, 2.05) is 18.2 Å². The fraction of sp³-hybridized carbons (Fsp3) is 0.389. The quantitative estimate of drug-likeness (QED) is 0.743. The van der Waals surface area contributed by atoms with E-state index >= 15 is 0 Å². The van der Waals surface area contributed by atoms with Gasteiger partial charge in [-0.3, -0.25) is 4.79 Å². The lowest BCUT2D eigenvalue weighted by atomic mass is 10.1. The minimum atomic E-state index is -0.00966. The Labute approximate surface area is 152 Å². The van der Waals surface area contributed by atoms with E-state index in [1.54, 1.807) is 18.5 Å². The van der Waals surface area contributed by atoms with Crippen LogP contribution in [0, 0.1) is 0 Å². The molecule has 1 fully saturated rings. The smallest absolute Gasteiger partial charge is 0.224 e. The fourth-order valence-electron chi connectivity index (χ4n) is 2.81. The van der Waals surface area contributed by atoms with Gasteiger partial charge in [-0.1, -0.05) is 23.7 Å². The zero-order valence-electron chi connectivity index (χ0n) is 14.0. The third-order valence-electron chi connectivity index (χ3n) is 4.11. The van der Waals surface area contributed by atoms with Crippen LogP contribution in [-0.2, 0) is 11.2 Å². The second-order valence-electron chi connectivity index (χ2n) is 6.04. The molecule has 1 amide bonds. The number of rotatable bonds is 7. The molecule has 2 N–H and O–H groups in total. The molecule has 25 heavy (non-hydrogen) atoms. The zero-order valence-corrected chi connectivity index (χ0v) is 14.8. The largest absolute Gasteiger partial charge is 0.368 e. The van der Waals surface area contributed by atoms with Gasteiger partial charge in [-0.2, -0.15) is 0 Å². The van der Waals surface area contributed by atoms with Crippen LogP contribution in [0.15, 0.2) is 36.7 Å². The highest BCUT2D eigenvalue weighted by atomic mass is 35.5. The number of halogens is 1. The molecule has 0 atom stereocenters. The van der Waals surface area contributed by atoms with Crippen molar-refractivity contribution in [3.63, 3.8) is 0 Å². The van der Waals surface area contributed by atoms with Gasteiger partial charge in [0.05, 0.1) is 6.42 Å². The highest BCUT2D eigenvalue weighted by molar-refractivity contribution is 6.30. The third-order valence-corrected chi connectivity index (χ3v) is 4.37. The van der Waals surface area contributed by atoms with Gasteiger partial charge >= 0.3 is 0 Å². The van der Waals surface area contributed by atoms with Crippen molar-refractivity contribution in [1.82, 2.24) is 15.3 Å². The number of aromatic nitrogens is 2. The van der Waals surface area contributed by atoms with Gasteiger partial charge in [0.2, 0.25) is 5.91 Å². The van der Waals surface area contributed by atoms with Crippen molar-refractivity contribution in [2.75, 3.05) is 36.4 Å². The number of amides is 1. The average molecular weight is 360 g/mol. The molecule has 1 aliphatic rings. The van der Waals surface area contributed by atoms with Gasteiger partial charge < -0.3 is 15.5 Å². The van der Waals surface area contributed by atoms with E-state index in [1.165, 1.54) is 12.8 Å².